The van der Waals surface area contributed by atoms with Crippen LogP contribution in [0.25, 0.3) is 11.0 Å². The van der Waals surface area contributed by atoms with Crippen molar-refractivity contribution in [2.75, 3.05) is 39.8 Å². The number of hydrogen-bond acceptors (Lipinski definition) is 4. The van der Waals surface area contributed by atoms with Gasteiger partial charge in [-0.3, -0.25) is 4.79 Å². The van der Waals surface area contributed by atoms with E-state index in [0.717, 1.165) is 28.8 Å². The maximum Gasteiger partial charge on any atom is 0.317 e. The Morgan fingerprint density at radius 3 is 3.04 bits per heavy atom. The summed E-state index contributed by atoms with van der Waals surface area (Å²) in [4.78, 5) is 35.5. The summed E-state index contributed by atoms with van der Waals surface area (Å²) in [5, 5.41) is 2.96. The zero-order valence-electron chi connectivity index (χ0n) is 15.7. The molecule has 0 bridgehead atoms. The van der Waals surface area contributed by atoms with Gasteiger partial charge < -0.3 is 24.8 Å². The van der Waals surface area contributed by atoms with Gasteiger partial charge in [-0.2, -0.15) is 0 Å². The van der Waals surface area contributed by atoms with Crippen LogP contribution in [0.5, 0.6) is 0 Å². The fourth-order valence-corrected chi connectivity index (χ4v) is 3.90. The number of aryl methyl sites for hydroxylation is 1. The van der Waals surface area contributed by atoms with E-state index in [-0.39, 0.29) is 18.5 Å². The van der Waals surface area contributed by atoms with Crippen molar-refractivity contribution in [2.24, 2.45) is 0 Å². The lowest BCUT2D eigenvalue weighted by Crippen LogP contribution is -2.55. The third-order valence-corrected chi connectivity index (χ3v) is 5.46. The summed E-state index contributed by atoms with van der Waals surface area (Å²) in [7, 11) is 1.78. The second-order valence-corrected chi connectivity index (χ2v) is 7.53. The summed E-state index contributed by atoms with van der Waals surface area (Å²) in [6.45, 7) is 4.33. The van der Waals surface area contributed by atoms with E-state index in [9.17, 15) is 9.59 Å². The summed E-state index contributed by atoms with van der Waals surface area (Å²) in [6.07, 6.45) is 1.40. The summed E-state index contributed by atoms with van der Waals surface area (Å²) in [5.41, 5.74) is 2.72. The second kappa shape index (κ2) is 6.84. The lowest BCUT2D eigenvalue weighted by atomic mass is 10.0. The highest BCUT2D eigenvalue weighted by Gasteiger charge is 2.45. The lowest BCUT2D eigenvalue weighted by Gasteiger charge is -2.38. The molecule has 1 unspecified atom stereocenters. The minimum Gasteiger partial charge on any atom is -0.361 e. The summed E-state index contributed by atoms with van der Waals surface area (Å²) >= 11 is 0. The first-order valence-electron chi connectivity index (χ1n) is 9.31. The smallest absolute Gasteiger partial charge is 0.317 e. The number of aromatic nitrogens is 2. The molecule has 8 nitrogen and oxygen atoms in total. The predicted octanol–water partition coefficient (Wildman–Crippen LogP) is 1.06. The number of nitrogens with one attached hydrogen (secondary N) is 2. The standard InChI is InChI=1S/C19H25N5O3/c1-13-4-3-5-14-17(13)22-15(21-14)6-8-20-18(26)24-9-7-19(12-24)11-23(2)16(25)10-27-19/h3-5H,6-12H2,1-2H3,(H,20,26)(H,21,22). The molecule has 3 amide bonds. The number of amides is 3. The number of nitrogens with zero attached hydrogens (tertiary/aromatic N) is 3. The van der Waals surface area contributed by atoms with E-state index in [2.05, 4.69) is 15.3 Å². The Balaban J connectivity index is 1.29. The minimum absolute atomic E-state index is 0.00963. The summed E-state index contributed by atoms with van der Waals surface area (Å²) in [6, 6.07) is 5.95. The number of urea groups is 1. The van der Waals surface area contributed by atoms with Crippen molar-refractivity contribution in [3.8, 4) is 0 Å². The van der Waals surface area contributed by atoms with Gasteiger partial charge in [-0.25, -0.2) is 9.78 Å². The number of fused-ring (bicyclic) bond motifs is 1. The van der Waals surface area contributed by atoms with Crippen LogP contribution in [0.3, 0.4) is 0 Å². The highest BCUT2D eigenvalue weighted by molar-refractivity contribution is 5.79. The number of para-hydroxylation sites is 1. The van der Waals surface area contributed by atoms with Crippen molar-refractivity contribution in [1.82, 2.24) is 25.1 Å². The molecule has 1 aromatic carbocycles. The van der Waals surface area contributed by atoms with Gasteiger partial charge in [0.05, 0.1) is 24.1 Å². The molecule has 27 heavy (non-hydrogen) atoms. The van der Waals surface area contributed by atoms with E-state index in [1.807, 2.05) is 25.1 Å². The average molecular weight is 371 g/mol. The number of hydrogen-bond donors (Lipinski definition) is 2. The molecule has 3 heterocycles. The molecule has 0 aliphatic carbocycles. The van der Waals surface area contributed by atoms with Gasteiger partial charge in [0.2, 0.25) is 5.91 Å². The average Bonchev–Trinajstić information content (AvgIpc) is 3.24. The third-order valence-electron chi connectivity index (χ3n) is 5.46. The Hall–Kier alpha value is -2.61. The number of ether oxygens (including phenoxy) is 1. The number of H-pyrrole nitrogens is 1. The number of carbonyl (C=O) groups is 2. The number of benzene rings is 1. The molecule has 2 fully saturated rings. The maximum atomic E-state index is 12.5. The molecule has 1 atom stereocenters. The largest absolute Gasteiger partial charge is 0.361 e. The molecule has 2 aliphatic heterocycles. The molecular weight excluding hydrogens is 346 g/mol. The molecule has 2 saturated heterocycles. The fourth-order valence-electron chi connectivity index (χ4n) is 3.90. The van der Waals surface area contributed by atoms with Crippen LogP contribution in [0, 0.1) is 6.92 Å². The molecule has 2 aliphatic rings. The molecule has 8 heteroatoms. The van der Waals surface area contributed by atoms with E-state index in [1.165, 1.54) is 0 Å². The van der Waals surface area contributed by atoms with Gasteiger partial charge in [0, 0.05) is 26.6 Å². The first kappa shape index (κ1) is 17.8. The summed E-state index contributed by atoms with van der Waals surface area (Å²) < 4.78 is 5.78. The highest BCUT2D eigenvalue weighted by Crippen LogP contribution is 2.29. The van der Waals surface area contributed by atoms with Crippen molar-refractivity contribution in [2.45, 2.75) is 25.4 Å². The van der Waals surface area contributed by atoms with E-state index >= 15 is 0 Å². The number of likely N-dealkylation sites (tertiary alicyclic amines) is 1. The van der Waals surface area contributed by atoms with Crippen LogP contribution in [-0.4, -0.2) is 77.1 Å². The minimum atomic E-state index is -0.420. The quantitative estimate of drug-likeness (QED) is 0.844. The van der Waals surface area contributed by atoms with Crippen LogP contribution in [0.15, 0.2) is 18.2 Å². The van der Waals surface area contributed by atoms with Crippen molar-refractivity contribution in [1.29, 1.82) is 0 Å². The first-order chi connectivity index (χ1) is 13.0. The van der Waals surface area contributed by atoms with Gasteiger partial charge in [0.25, 0.3) is 0 Å². The zero-order chi connectivity index (χ0) is 19.0. The normalized spacial score (nSPS) is 22.8. The van der Waals surface area contributed by atoms with Crippen LogP contribution in [0.4, 0.5) is 4.79 Å². The van der Waals surface area contributed by atoms with E-state index in [0.29, 0.717) is 32.6 Å². The van der Waals surface area contributed by atoms with Crippen LogP contribution < -0.4 is 5.32 Å². The Kier molecular flexibility index (Phi) is 4.51. The van der Waals surface area contributed by atoms with Crippen LogP contribution in [-0.2, 0) is 16.0 Å². The maximum absolute atomic E-state index is 12.5. The van der Waals surface area contributed by atoms with Crippen LogP contribution >= 0.6 is 0 Å². The SMILES string of the molecule is Cc1cccc2[nH]c(CCNC(=O)N3CCC4(CN(C)C(=O)CO4)C3)nc12. The summed E-state index contributed by atoms with van der Waals surface area (Å²) in [5.74, 6) is 0.859. The fraction of sp³-hybridized carbons (Fsp3) is 0.526. The van der Waals surface area contributed by atoms with Crippen molar-refractivity contribution in [3.63, 3.8) is 0 Å². The van der Waals surface area contributed by atoms with Crippen molar-refractivity contribution in [3.05, 3.63) is 29.6 Å². The van der Waals surface area contributed by atoms with Gasteiger partial charge in [-0.1, -0.05) is 12.1 Å². The molecular formula is C19H25N5O3. The van der Waals surface area contributed by atoms with E-state index in [1.54, 1.807) is 16.8 Å². The molecule has 0 radical (unpaired) electrons. The molecule has 0 saturated carbocycles. The van der Waals surface area contributed by atoms with Crippen molar-refractivity contribution >= 4 is 23.0 Å². The Bertz CT molecular complexity index is 879. The predicted molar refractivity (Wildman–Crippen MR) is 100 cm³/mol. The number of morpholine rings is 1. The molecule has 144 valence electrons. The highest BCUT2D eigenvalue weighted by atomic mass is 16.5. The number of likely N-dealkylation sites (N-methyl/N-ethyl adjacent to an activating group) is 1. The number of aromatic amines is 1. The second-order valence-electron chi connectivity index (χ2n) is 7.53. The molecule has 2 aromatic rings. The molecule has 4 rings (SSSR count). The number of rotatable bonds is 3. The Morgan fingerprint density at radius 2 is 2.26 bits per heavy atom. The lowest BCUT2D eigenvalue weighted by molar-refractivity contribution is -0.158. The number of imidazole rings is 1. The Morgan fingerprint density at radius 1 is 1.41 bits per heavy atom. The number of carbonyl (C=O) groups excluding carboxylic acids is 2. The van der Waals surface area contributed by atoms with E-state index in [4.69, 9.17) is 4.74 Å². The van der Waals surface area contributed by atoms with Gasteiger partial charge in [-0.15, -0.1) is 0 Å². The topological polar surface area (TPSA) is 90.6 Å². The monoisotopic (exact) mass is 371 g/mol. The van der Waals surface area contributed by atoms with Crippen molar-refractivity contribution < 1.29 is 14.3 Å². The molecule has 2 N–H and O–H groups in total. The van der Waals surface area contributed by atoms with Gasteiger partial charge >= 0.3 is 6.03 Å². The van der Waals surface area contributed by atoms with E-state index < -0.39 is 5.60 Å². The van der Waals surface area contributed by atoms with Gasteiger partial charge in [0.1, 0.15) is 18.0 Å². The zero-order valence-corrected chi connectivity index (χ0v) is 15.7. The van der Waals surface area contributed by atoms with Crippen LogP contribution in [0.1, 0.15) is 17.8 Å². The molecule has 1 aromatic heterocycles. The molecule has 1 spiro atoms. The van der Waals surface area contributed by atoms with Gasteiger partial charge in [-0.05, 0) is 25.0 Å². The van der Waals surface area contributed by atoms with Gasteiger partial charge in [0.15, 0.2) is 0 Å². The third kappa shape index (κ3) is 3.49. The first-order valence-corrected chi connectivity index (χ1v) is 9.31. The van der Waals surface area contributed by atoms with Crippen LogP contribution in [0.2, 0.25) is 0 Å². The Labute approximate surface area is 157 Å².